The fraction of sp³-hybridized carbons (Fsp3) is 0.455. The van der Waals surface area contributed by atoms with Gasteiger partial charge in [-0.25, -0.2) is 8.42 Å². The average molecular weight is 379 g/mol. The number of amides is 2. The molecule has 0 spiro atoms. The van der Waals surface area contributed by atoms with E-state index >= 15 is 0 Å². The highest BCUT2D eigenvalue weighted by molar-refractivity contribution is 8.01. The first-order valence-electron chi connectivity index (χ1n) is 6.27. The smallest absolute Gasteiger partial charge is 0.241 e. The van der Waals surface area contributed by atoms with E-state index in [0.717, 1.165) is 21.9 Å². The summed E-state index contributed by atoms with van der Waals surface area (Å²) in [6.45, 7) is 3.57. The lowest BCUT2D eigenvalue weighted by atomic mass is 10.6. The molecule has 0 saturated heterocycles. The molecule has 0 aliphatic carbocycles. The molecule has 1 heterocycles. The molecule has 0 fully saturated rings. The standard InChI is InChI=1S/C11H17N5O4S3/c1-4-5-12-9(18)7-21-11-15-14-10(22-11)13-8(17)6-16(2)23(3,19)20/h4H,1,5-7H2,2-3H3,(H,12,18)(H,13,14,17). The number of sulfonamides is 1. The average Bonchev–Trinajstić information content (AvgIpc) is 2.89. The first kappa shape index (κ1) is 19.5. The molecule has 0 aromatic carbocycles. The van der Waals surface area contributed by atoms with Gasteiger partial charge in [-0.15, -0.1) is 16.8 Å². The Morgan fingerprint density at radius 3 is 2.70 bits per heavy atom. The number of aromatic nitrogens is 2. The van der Waals surface area contributed by atoms with Crippen LogP contribution in [0.1, 0.15) is 0 Å². The summed E-state index contributed by atoms with van der Waals surface area (Å²) in [4.78, 5) is 23.1. The molecule has 23 heavy (non-hydrogen) atoms. The van der Waals surface area contributed by atoms with Crippen molar-refractivity contribution in [1.29, 1.82) is 0 Å². The molecular weight excluding hydrogens is 362 g/mol. The zero-order chi connectivity index (χ0) is 17.5. The Labute approximate surface area is 142 Å². The van der Waals surface area contributed by atoms with E-state index in [4.69, 9.17) is 0 Å². The Kier molecular flexibility index (Phi) is 7.61. The van der Waals surface area contributed by atoms with Crippen molar-refractivity contribution in [3.05, 3.63) is 12.7 Å². The predicted octanol–water partition coefficient (Wildman–Crippen LogP) is -0.238. The van der Waals surface area contributed by atoms with E-state index in [1.54, 1.807) is 6.08 Å². The van der Waals surface area contributed by atoms with Gasteiger partial charge in [-0.2, -0.15) is 4.31 Å². The van der Waals surface area contributed by atoms with E-state index in [0.29, 0.717) is 10.9 Å². The van der Waals surface area contributed by atoms with Crippen LogP contribution in [0.25, 0.3) is 0 Å². The third-order valence-corrected chi connectivity index (χ3v) is 5.59. The van der Waals surface area contributed by atoms with E-state index in [1.807, 2.05) is 0 Å². The Morgan fingerprint density at radius 1 is 1.39 bits per heavy atom. The van der Waals surface area contributed by atoms with Crippen LogP contribution in [0.2, 0.25) is 0 Å². The van der Waals surface area contributed by atoms with Crippen molar-refractivity contribution in [1.82, 2.24) is 19.8 Å². The van der Waals surface area contributed by atoms with E-state index in [2.05, 4.69) is 27.4 Å². The first-order chi connectivity index (χ1) is 10.7. The molecule has 0 aliphatic heterocycles. The summed E-state index contributed by atoms with van der Waals surface area (Å²) in [5.41, 5.74) is 0. The molecule has 0 aliphatic rings. The summed E-state index contributed by atoms with van der Waals surface area (Å²) in [5.74, 6) is -0.507. The van der Waals surface area contributed by atoms with Gasteiger partial charge in [-0.1, -0.05) is 29.2 Å². The van der Waals surface area contributed by atoms with Gasteiger partial charge in [0.1, 0.15) is 0 Å². The highest BCUT2D eigenvalue weighted by Gasteiger charge is 2.16. The summed E-state index contributed by atoms with van der Waals surface area (Å²) < 4.78 is 23.9. The van der Waals surface area contributed by atoms with Crippen LogP contribution >= 0.6 is 23.1 Å². The molecule has 12 heteroatoms. The Hall–Kier alpha value is -1.50. The zero-order valence-electron chi connectivity index (χ0n) is 12.6. The second-order valence-corrected chi connectivity index (χ2v) is 8.61. The minimum Gasteiger partial charge on any atom is -0.352 e. The van der Waals surface area contributed by atoms with Crippen LogP contribution in [0.15, 0.2) is 17.0 Å². The molecule has 0 saturated carbocycles. The van der Waals surface area contributed by atoms with Crippen molar-refractivity contribution in [2.45, 2.75) is 4.34 Å². The van der Waals surface area contributed by atoms with Crippen molar-refractivity contribution < 1.29 is 18.0 Å². The molecule has 128 valence electrons. The molecule has 0 bridgehead atoms. The fourth-order valence-corrected chi connectivity index (χ4v) is 3.11. The highest BCUT2D eigenvalue weighted by atomic mass is 32.2. The minimum absolute atomic E-state index is 0.162. The minimum atomic E-state index is -3.43. The molecule has 2 N–H and O–H groups in total. The Morgan fingerprint density at radius 2 is 2.09 bits per heavy atom. The molecule has 1 rings (SSSR count). The van der Waals surface area contributed by atoms with Crippen LogP contribution in [-0.2, 0) is 19.6 Å². The number of hydrogen-bond donors (Lipinski definition) is 2. The van der Waals surface area contributed by atoms with Gasteiger partial charge in [0.2, 0.25) is 27.0 Å². The summed E-state index contributed by atoms with van der Waals surface area (Å²) in [5, 5.41) is 12.9. The monoisotopic (exact) mass is 379 g/mol. The molecule has 2 amide bonds. The number of hydrogen-bond acceptors (Lipinski definition) is 8. The van der Waals surface area contributed by atoms with Crippen molar-refractivity contribution in [3.63, 3.8) is 0 Å². The van der Waals surface area contributed by atoms with Crippen LogP contribution in [0.5, 0.6) is 0 Å². The third kappa shape index (κ3) is 7.54. The zero-order valence-corrected chi connectivity index (χ0v) is 15.1. The third-order valence-electron chi connectivity index (χ3n) is 2.36. The normalized spacial score (nSPS) is 11.3. The lowest BCUT2D eigenvalue weighted by Crippen LogP contribution is -2.34. The summed E-state index contributed by atoms with van der Waals surface area (Å²) in [6.07, 6.45) is 2.59. The number of nitrogens with zero attached hydrogens (tertiary/aromatic N) is 3. The fourth-order valence-electron chi connectivity index (χ4n) is 1.16. The SMILES string of the molecule is C=CCNC(=O)CSc1nnc(NC(=O)CN(C)S(C)(=O)=O)s1. The molecule has 0 unspecified atom stereocenters. The van der Waals surface area contributed by atoms with Crippen LogP contribution < -0.4 is 10.6 Å². The number of thioether (sulfide) groups is 1. The van der Waals surface area contributed by atoms with Gasteiger partial charge in [0, 0.05) is 13.6 Å². The van der Waals surface area contributed by atoms with E-state index in [9.17, 15) is 18.0 Å². The summed E-state index contributed by atoms with van der Waals surface area (Å²) in [7, 11) is -2.12. The van der Waals surface area contributed by atoms with Gasteiger partial charge in [-0.05, 0) is 0 Å². The van der Waals surface area contributed by atoms with E-state index in [-0.39, 0.29) is 23.3 Å². The predicted molar refractivity (Wildman–Crippen MR) is 89.9 cm³/mol. The number of carbonyl (C=O) groups excluding carboxylic acids is 2. The molecule has 0 atom stereocenters. The lowest BCUT2D eigenvalue weighted by molar-refractivity contribution is -0.118. The molecular formula is C11H17N5O4S3. The molecule has 1 aromatic heterocycles. The maximum absolute atomic E-state index is 11.7. The molecule has 9 nitrogen and oxygen atoms in total. The largest absolute Gasteiger partial charge is 0.352 e. The molecule has 1 aromatic rings. The first-order valence-corrected chi connectivity index (χ1v) is 9.92. The van der Waals surface area contributed by atoms with Crippen molar-refractivity contribution in [2.75, 3.05) is 37.5 Å². The highest BCUT2D eigenvalue weighted by Crippen LogP contribution is 2.25. The van der Waals surface area contributed by atoms with Crippen LogP contribution in [0.3, 0.4) is 0 Å². The second-order valence-electron chi connectivity index (χ2n) is 4.32. The number of likely N-dealkylation sites (N-methyl/N-ethyl adjacent to an activating group) is 1. The quantitative estimate of drug-likeness (QED) is 0.345. The van der Waals surface area contributed by atoms with Gasteiger partial charge in [-0.3, -0.25) is 14.9 Å². The van der Waals surface area contributed by atoms with Crippen LogP contribution in [-0.4, -0.2) is 66.9 Å². The van der Waals surface area contributed by atoms with Crippen molar-refractivity contribution in [2.24, 2.45) is 0 Å². The Bertz CT molecular complexity index is 673. The van der Waals surface area contributed by atoms with Crippen LogP contribution in [0.4, 0.5) is 5.13 Å². The number of nitrogens with one attached hydrogen (secondary N) is 2. The van der Waals surface area contributed by atoms with Crippen LogP contribution in [0, 0.1) is 0 Å². The van der Waals surface area contributed by atoms with Gasteiger partial charge >= 0.3 is 0 Å². The lowest BCUT2D eigenvalue weighted by Gasteiger charge is -2.12. The van der Waals surface area contributed by atoms with Gasteiger partial charge in [0.15, 0.2) is 4.34 Å². The number of carbonyl (C=O) groups is 2. The summed E-state index contributed by atoms with van der Waals surface area (Å²) in [6, 6.07) is 0. The van der Waals surface area contributed by atoms with Crippen molar-refractivity contribution >= 4 is 50.1 Å². The molecule has 0 radical (unpaired) electrons. The van der Waals surface area contributed by atoms with Gasteiger partial charge in [0.05, 0.1) is 18.6 Å². The van der Waals surface area contributed by atoms with Gasteiger partial charge in [0.25, 0.3) is 0 Å². The van der Waals surface area contributed by atoms with Crippen molar-refractivity contribution in [3.8, 4) is 0 Å². The maximum atomic E-state index is 11.7. The van der Waals surface area contributed by atoms with Gasteiger partial charge < -0.3 is 5.32 Å². The maximum Gasteiger partial charge on any atom is 0.241 e. The number of rotatable bonds is 9. The number of anilines is 1. The summed E-state index contributed by atoms with van der Waals surface area (Å²) >= 11 is 2.29. The van der Waals surface area contributed by atoms with E-state index in [1.165, 1.54) is 18.8 Å². The second kappa shape index (κ2) is 8.96. The van der Waals surface area contributed by atoms with E-state index < -0.39 is 15.9 Å². The Balaban J connectivity index is 2.45. The topological polar surface area (TPSA) is 121 Å².